The highest BCUT2D eigenvalue weighted by molar-refractivity contribution is 5.94. The minimum absolute atomic E-state index is 0.0845. The van der Waals surface area contributed by atoms with Gasteiger partial charge in [0.2, 0.25) is 0 Å². The Balaban J connectivity index is 1.52. The van der Waals surface area contributed by atoms with E-state index in [4.69, 9.17) is 0 Å². The van der Waals surface area contributed by atoms with E-state index in [1.807, 2.05) is 42.5 Å². The number of rotatable bonds is 6. The normalized spacial score (nSPS) is 15.2. The van der Waals surface area contributed by atoms with Crippen LogP contribution in [0.5, 0.6) is 0 Å². The third-order valence-corrected chi connectivity index (χ3v) is 4.95. The van der Waals surface area contributed by atoms with E-state index in [1.165, 1.54) is 11.0 Å². The summed E-state index contributed by atoms with van der Waals surface area (Å²) in [6.45, 7) is 6.35. The zero-order chi connectivity index (χ0) is 19.2. The summed E-state index contributed by atoms with van der Waals surface area (Å²) in [4.78, 5) is 25.9. The quantitative estimate of drug-likeness (QED) is 0.484. The Bertz CT molecular complexity index is 838. The summed E-state index contributed by atoms with van der Waals surface area (Å²) in [5, 5.41) is 11.1. The topological polar surface area (TPSA) is 67.9 Å². The van der Waals surface area contributed by atoms with Gasteiger partial charge in [-0.3, -0.25) is 14.9 Å². The van der Waals surface area contributed by atoms with Crippen LogP contribution in [-0.2, 0) is 0 Å². The van der Waals surface area contributed by atoms with Crippen LogP contribution in [0.15, 0.2) is 54.6 Å². The van der Waals surface area contributed by atoms with Crippen molar-refractivity contribution < 1.29 is 14.6 Å². The third-order valence-electron chi connectivity index (χ3n) is 4.95. The van der Waals surface area contributed by atoms with Crippen molar-refractivity contribution in [1.29, 1.82) is 0 Å². The summed E-state index contributed by atoms with van der Waals surface area (Å²) in [5.41, 5.74) is 2.67. The molecule has 27 heavy (non-hydrogen) atoms. The fourth-order valence-corrected chi connectivity index (χ4v) is 3.34. The minimum Gasteiger partial charge on any atom is -0.360 e. The molecule has 0 bridgehead atoms. The number of benzene rings is 2. The Morgan fingerprint density at radius 2 is 1.81 bits per heavy atom. The molecule has 1 heterocycles. The van der Waals surface area contributed by atoms with Crippen LogP contribution < -0.4 is 9.80 Å². The van der Waals surface area contributed by atoms with Gasteiger partial charge in [-0.15, -0.1) is 0 Å². The van der Waals surface area contributed by atoms with Crippen LogP contribution >= 0.6 is 0 Å². The number of Topliss-reactive ketones (excluding diaryl/α,β-unsaturated/α-hetero) is 1. The molecule has 0 atom stereocenters. The highest BCUT2D eigenvalue weighted by Crippen LogP contribution is 2.18. The maximum absolute atomic E-state index is 11.4. The Kier molecular flexibility index (Phi) is 5.98. The van der Waals surface area contributed by atoms with E-state index in [2.05, 4.69) is 4.90 Å². The molecule has 0 radical (unpaired) electrons. The Labute approximate surface area is 158 Å². The van der Waals surface area contributed by atoms with Crippen molar-refractivity contribution in [2.24, 2.45) is 0 Å². The lowest BCUT2D eigenvalue weighted by Gasteiger charge is -2.33. The molecule has 1 N–H and O–H groups in total. The smallest absolute Gasteiger partial charge is 0.276 e. The molecule has 0 spiro atoms. The van der Waals surface area contributed by atoms with Crippen molar-refractivity contribution in [3.63, 3.8) is 0 Å². The molecular formula is C21H24N3O3+. The number of quaternary nitrogens is 1. The zero-order valence-electron chi connectivity index (χ0n) is 15.4. The first-order chi connectivity index (χ1) is 13.0. The van der Waals surface area contributed by atoms with E-state index in [-0.39, 0.29) is 16.4 Å². The summed E-state index contributed by atoms with van der Waals surface area (Å²) in [6.07, 6.45) is 3.87. The average Bonchev–Trinajstić information content (AvgIpc) is 2.69. The number of carbonyl (C=O) groups excluding carboxylic acids is 1. The third kappa shape index (κ3) is 4.80. The highest BCUT2D eigenvalue weighted by atomic mass is 16.6. The average molecular weight is 366 g/mol. The number of nitrogens with one attached hydrogen (secondary N) is 1. The fraction of sp³-hybridized carbons (Fsp3) is 0.286. The molecule has 2 aromatic carbocycles. The standard InChI is InChI=1S/C21H23N3O3/c1-17(25)18-8-10-20(11-9-18)23-15-13-22(14-16-23)12-4-6-19-5-2-3-7-21(19)24(26)27/h2-11H,12-16H2,1H3/p+1. The number of hydrogen-bond donors (Lipinski definition) is 1. The second kappa shape index (κ2) is 8.60. The minimum atomic E-state index is -0.345. The predicted octanol–water partition coefficient (Wildman–Crippen LogP) is 2.22. The molecule has 3 rings (SSSR count). The number of nitrogens with zero attached hydrogens (tertiary/aromatic N) is 2. The summed E-state index contributed by atoms with van der Waals surface area (Å²) < 4.78 is 0. The molecule has 0 amide bonds. The van der Waals surface area contributed by atoms with Crippen molar-refractivity contribution in [2.45, 2.75) is 6.92 Å². The Hall–Kier alpha value is -2.99. The van der Waals surface area contributed by atoms with Gasteiger partial charge >= 0.3 is 0 Å². The van der Waals surface area contributed by atoms with Gasteiger partial charge in [-0.1, -0.05) is 12.1 Å². The maximum atomic E-state index is 11.4. The molecule has 140 valence electrons. The van der Waals surface area contributed by atoms with Crippen LogP contribution in [0.2, 0.25) is 0 Å². The van der Waals surface area contributed by atoms with Crippen molar-refractivity contribution >= 4 is 23.2 Å². The first-order valence-corrected chi connectivity index (χ1v) is 9.14. The van der Waals surface area contributed by atoms with Gasteiger partial charge < -0.3 is 9.80 Å². The van der Waals surface area contributed by atoms with Crippen LogP contribution in [0.3, 0.4) is 0 Å². The molecule has 0 aromatic heterocycles. The number of hydrogen-bond acceptors (Lipinski definition) is 4. The maximum Gasteiger partial charge on any atom is 0.276 e. The van der Waals surface area contributed by atoms with Crippen LogP contribution in [0.25, 0.3) is 6.08 Å². The summed E-state index contributed by atoms with van der Waals surface area (Å²) in [7, 11) is 0. The van der Waals surface area contributed by atoms with Gasteiger partial charge in [0, 0.05) is 17.3 Å². The van der Waals surface area contributed by atoms with Crippen molar-refractivity contribution in [1.82, 2.24) is 0 Å². The molecule has 2 aromatic rings. The number of piperazine rings is 1. The molecule has 0 unspecified atom stereocenters. The van der Waals surface area contributed by atoms with E-state index >= 15 is 0 Å². The number of para-hydroxylation sites is 1. The lowest BCUT2D eigenvalue weighted by molar-refractivity contribution is -0.894. The first kappa shape index (κ1) is 18.8. The fourth-order valence-electron chi connectivity index (χ4n) is 3.34. The largest absolute Gasteiger partial charge is 0.360 e. The molecule has 1 aliphatic rings. The monoisotopic (exact) mass is 366 g/mol. The number of nitro groups is 1. The summed E-state index contributed by atoms with van der Waals surface area (Å²) >= 11 is 0. The highest BCUT2D eigenvalue weighted by Gasteiger charge is 2.19. The lowest BCUT2D eigenvalue weighted by Crippen LogP contribution is -3.14. The van der Waals surface area contributed by atoms with Gasteiger partial charge in [0.25, 0.3) is 5.69 Å². The first-order valence-electron chi connectivity index (χ1n) is 9.14. The van der Waals surface area contributed by atoms with Gasteiger partial charge in [-0.2, -0.15) is 0 Å². The van der Waals surface area contributed by atoms with Crippen molar-refractivity contribution in [3.05, 3.63) is 75.8 Å². The molecule has 0 saturated carbocycles. The number of nitro benzene ring substituents is 1. The van der Waals surface area contributed by atoms with Gasteiger partial charge in [0.1, 0.15) is 0 Å². The Morgan fingerprint density at radius 3 is 2.44 bits per heavy atom. The second-order valence-electron chi connectivity index (χ2n) is 6.76. The number of ketones is 1. The number of carbonyl (C=O) groups is 1. The van der Waals surface area contributed by atoms with E-state index in [9.17, 15) is 14.9 Å². The summed E-state index contributed by atoms with van der Waals surface area (Å²) in [6, 6.07) is 14.6. The number of anilines is 1. The van der Waals surface area contributed by atoms with Crippen LogP contribution in [-0.4, -0.2) is 43.4 Å². The SMILES string of the molecule is CC(=O)c1ccc(N2CC[NH+](CC=Cc3ccccc3[N+](=O)[O-])CC2)cc1. The van der Waals surface area contributed by atoms with Crippen LogP contribution in [0.1, 0.15) is 22.8 Å². The molecule has 0 aliphatic carbocycles. The molecule has 6 heteroatoms. The van der Waals surface area contributed by atoms with Crippen LogP contribution in [0, 0.1) is 10.1 Å². The van der Waals surface area contributed by atoms with Gasteiger partial charge in [0.05, 0.1) is 43.2 Å². The Morgan fingerprint density at radius 1 is 1.15 bits per heavy atom. The van der Waals surface area contributed by atoms with E-state index in [0.717, 1.165) is 44.0 Å². The molecule has 6 nitrogen and oxygen atoms in total. The molecule has 1 saturated heterocycles. The van der Waals surface area contributed by atoms with Gasteiger partial charge in [0.15, 0.2) is 5.78 Å². The van der Waals surface area contributed by atoms with Crippen molar-refractivity contribution in [2.75, 3.05) is 37.6 Å². The lowest BCUT2D eigenvalue weighted by atomic mass is 10.1. The predicted molar refractivity (Wildman–Crippen MR) is 106 cm³/mol. The van der Waals surface area contributed by atoms with E-state index < -0.39 is 0 Å². The molecule has 1 aliphatic heterocycles. The zero-order valence-corrected chi connectivity index (χ0v) is 15.4. The summed E-state index contributed by atoms with van der Waals surface area (Å²) in [5.74, 6) is 0.0845. The van der Waals surface area contributed by atoms with E-state index in [1.54, 1.807) is 19.1 Å². The van der Waals surface area contributed by atoms with Gasteiger partial charge in [-0.05, 0) is 49.4 Å². The molecule has 1 fully saturated rings. The van der Waals surface area contributed by atoms with Gasteiger partial charge in [-0.25, -0.2) is 0 Å². The van der Waals surface area contributed by atoms with E-state index in [0.29, 0.717) is 5.56 Å². The van der Waals surface area contributed by atoms with Crippen LogP contribution in [0.4, 0.5) is 11.4 Å². The van der Waals surface area contributed by atoms with Crippen molar-refractivity contribution in [3.8, 4) is 0 Å². The molecular weight excluding hydrogens is 342 g/mol. The second-order valence-corrected chi connectivity index (χ2v) is 6.76.